The number of primary amides is 1. The highest BCUT2D eigenvalue weighted by Crippen LogP contribution is 2.45. The summed E-state index contributed by atoms with van der Waals surface area (Å²) < 4.78 is 7.61. The van der Waals surface area contributed by atoms with Gasteiger partial charge in [-0.2, -0.15) is 0 Å². The minimum absolute atomic E-state index is 0.0159. The summed E-state index contributed by atoms with van der Waals surface area (Å²) in [6.45, 7) is 6.52. The summed E-state index contributed by atoms with van der Waals surface area (Å²) in [5.41, 5.74) is 13.3. The maximum absolute atomic E-state index is 12.6. The van der Waals surface area contributed by atoms with Crippen LogP contribution in [-0.2, 0) is 23.9 Å². The smallest absolute Gasteiger partial charge is 0.269 e. The number of rotatable bonds is 5. The number of ether oxygens (including phenoxy) is 1. The molecule has 0 saturated carbocycles. The summed E-state index contributed by atoms with van der Waals surface area (Å²) in [6.07, 6.45) is 3.71. The number of carbonyl (C=O) groups excluding carboxylic acids is 1. The molecule has 4 aromatic rings. The molecular formula is C29H33N7O2. The van der Waals surface area contributed by atoms with Gasteiger partial charge in [0.2, 0.25) is 0 Å². The summed E-state index contributed by atoms with van der Waals surface area (Å²) >= 11 is 0. The molecule has 0 radical (unpaired) electrons. The van der Waals surface area contributed by atoms with Gasteiger partial charge >= 0.3 is 0 Å². The normalized spacial score (nSPS) is 16.9. The Labute approximate surface area is 222 Å². The lowest BCUT2D eigenvalue weighted by molar-refractivity contribution is -0.0132. The number of anilines is 2. The maximum Gasteiger partial charge on any atom is 0.269 e. The van der Waals surface area contributed by atoms with Crippen molar-refractivity contribution in [3.05, 3.63) is 65.2 Å². The Morgan fingerprint density at radius 2 is 1.92 bits per heavy atom. The van der Waals surface area contributed by atoms with Gasteiger partial charge in [0.15, 0.2) is 5.69 Å². The van der Waals surface area contributed by atoms with Crippen LogP contribution in [0.25, 0.3) is 22.3 Å². The zero-order valence-electron chi connectivity index (χ0n) is 22.3. The summed E-state index contributed by atoms with van der Waals surface area (Å²) in [5, 5.41) is 3.37. The second-order valence-corrected chi connectivity index (χ2v) is 10.7. The third kappa shape index (κ3) is 3.85. The van der Waals surface area contributed by atoms with Crippen molar-refractivity contribution in [2.45, 2.75) is 44.7 Å². The van der Waals surface area contributed by atoms with E-state index in [9.17, 15) is 4.79 Å². The first-order valence-corrected chi connectivity index (χ1v) is 13.1. The van der Waals surface area contributed by atoms with E-state index in [1.807, 2.05) is 41.9 Å². The molecule has 0 unspecified atom stereocenters. The number of aryl methyl sites for hydroxylation is 1. The summed E-state index contributed by atoms with van der Waals surface area (Å²) in [6, 6.07) is 12.1. The van der Waals surface area contributed by atoms with Gasteiger partial charge in [-0.3, -0.25) is 9.69 Å². The van der Waals surface area contributed by atoms with Crippen LogP contribution in [0.3, 0.4) is 0 Å². The second-order valence-electron chi connectivity index (χ2n) is 10.7. The molecule has 9 nitrogen and oxygen atoms in total. The zero-order chi connectivity index (χ0) is 26.6. The highest BCUT2D eigenvalue weighted by molar-refractivity contribution is 5.99. The molecule has 3 N–H and O–H groups in total. The number of hydrogen-bond acceptors (Lipinski definition) is 7. The van der Waals surface area contributed by atoms with Gasteiger partial charge < -0.3 is 20.4 Å². The third-order valence-corrected chi connectivity index (χ3v) is 8.09. The fourth-order valence-corrected chi connectivity index (χ4v) is 6.01. The van der Waals surface area contributed by atoms with Crippen LogP contribution in [0.15, 0.2) is 42.7 Å². The Bertz CT molecular complexity index is 1550. The molecule has 2 aliphatic heterocycles. The van der Waals surface area contributed by atoms with Crippen LogP contribution in [0.5, 0.6) is 0 Å². The molecule has 1 fully saturated rings. The van der Waals surface area contributed by atoms with E-state index in [0.717, 1.165) is 60.5 Å². The first-order chi connectivity index (χ1) is 18.3. The van der Waals surface area contributed by atoms with Crippen molar-refractivity contribution in [2.24, 2.45) is 12.8 Å². The van der Waals surface area contributed by atoms with E-state index >= 15 is 0 Å². The first-order valence-electron chi connectivity index (χ1n) is 13.1. The Balaban J connectivity index is 1.42. The average molecular weight is 512 g/mol. The number of carbonyl (C=O) groups is 1. The lowest BCUT2D eigenvalue weighted by Gasteiger charge is -2.40. The quantitative estimate of drug-likeness (QED) is 0.407. The Morgan fingerprint density at radius 3 is 2.66 bits per heavy atom. The van der Waals surface area contributed by atoms with E-state index in [-0.39, 0.29) is 17.2 Å². The lowest BCUT2D eigenvalue weighted by atomic mass is 9.84. The number of fused-ring (bicyclic) bond motifs is 3. The Morgan fingerprint density at radius 1 is 1.13 bits per heavy atom. The van der Waals surface area contributed by atoms with E-state index < -0.39 is 5.91 Å². The number of benzene rings is 1. The number of pyridine rings is 2. The number of nitrogens with one attached hydrogen (secondary N) is 1. The molecule has 2 aliphatic rings. The van der Waals surface area contributed by atoms with Crippen LogP contribution >= 0.6 is 0 Å². The molecule has 6 rings (SSSR count). The molecule has 3 aromatic heterocycles. The Hall–Kier alpha value is -3.82. The van der Waals surface area contributed by atoms with Gasteiger partial charge in [0.1, 0.15) is 5.82 Å². The van der Waals surface area contributed by atoms with E-state index in [1.54, 1.807) is 6.33 Å². The van der Waals surface area contributed by atoms with E-state index in [0.29, 0.717) is 17.2 Å². The van der Waals surface area contributed by atoms with Gasteiger partial charge in [0, 0.05) is 32.4 Å². The average Bonchev–Trinajstić information content (AvgIpc) is 3.41. The van der Waals surface area contributed by atoms with Gasteiger partial charge in [0.05, 0.1) is 40.0 Å². The van der Waals surface area contributed by atoms with Gasteiger partial charge in [-0.05, 0) is 55.1 Å². The molecule has 0 bridgehead atoms. The molecule has 196 valence electrons. The highest BCUT2D eigenvalue weighted by atomic mass is 16.5. The summed E-state index contributed by atoms with van der Waals surface area (Å²) in [4.78, 5) is 29.4. The predicted molar refractivity (Wildman–Crippen MR) is 147 cm³/mol. The van der Waals surface area contributed by atoms with Crippen molar-refractivity contribution in [3.8, 4) is 11.3 Å². The summed E-state index contributed by atoms with van der Waals surface area (Å²) in [7, 11) is 4.12. The molecule has 5 heterocycles. The van der Waals surface area contributed by atoms with E-state index in [2.05, 4.69) is 42.2 Å². The largest absolute Gasteiger partial charge is 0.381 e. The van der Waals surface area contributed by atoms with Crippen LogP contribution in [0, 0.1) is 0 Å². The molecule has 1 saturated heterocycles. The van der Waals surface area contributed by atoms with Crippen LogP contribution in [0.1, 0.15) is 59.9 Å². The van der Waals surface area contributed by atoms with Crippen molar-refractivity contribution < 1.29 is 9.53 Å². The van der Waals surface area contributed by atoms with Crippen LogP contribution < -0.4 is 11.1 Å². The van der Waals surface area contributed by atoms with Crippen molar-refractivity contribution in [1.29, 1.82) is 0 Å². The molecule has 0 atom stereocenters. The van der Waals surface area contributed by atoms with Crippen LogP contribution in [0.2, 0.25) is 0 Å². The number of amides is 1. The molecule has 1 amide bonds. The SMILES string of the molecule is CC(C)c1cc(Nc2ccc3c(n2)CN(C)C32CCOCC2)c(C(N)=O)nc1-c1cccc2c1ncn2C. The predicted octanol–water partition coefficient (Wildman–Crippen LogP) is 4.45. The van der Waals surface area contributed by atoms with Crippen molar-refractivity contribution in [1.82, 2.24) is 24.4 Å². The zero-order valence-corrected chi connectivity index (χ0v) is 22.3. The van der Waals surface area contributed by atoms with Gasteiger partial charge in [0.25, 0.3) is 5.91 Å². The monoisotopic (exact) mass is 511 g/mol. The maximum atomic E-state index is 12.6. The topological polar surface area (TPSA) is 111 Å². The first kappa shape index (κ1) is 24.5. The second kappa shape index (κ2) is 9.18. The minimum atomic E-state index is -0.598. The standard InChI is InChI=1S/C29H33N7O2/c1-17(2)19-14-21(27(28(30)37)34-25(19)18-6-5-7-23-26(18)31-16-35(23)3)32-24-9-8-20-22(33-24)15-36(4)29(20)10-12-38-13-11-29/h5-9,14,16-17H,10-13,15H2,1-4H3,(H2,30,37)(H,32,33). The molecule has 1 spiro atoms. The number of nitrogens with zero attached hydrogens (tertiary/aromatic N) is 5. The number of hydrogen-bond donors (Lipinski definition) is 2. The lowest BCUT2D eigenvalue weighted by Crippen LogP contribution is -2.43. The molecular weight excluding hydrogens is 478 g/mol. The Kier molecular flexibility index (Phi) is 5.92. The molecule has 1 aromatic carbocycles. The third-order valence-electron chi connectivity index (χ3n) is 8.09. The van der Waals surface area contributed by atoms with Crippen molar-refractivity contribution in [2.75, 3.05) is 25.6 Å². The van der Waals surface area contributed by atoms with Crippen molar-refractivity contribution >= 4 is 28.4 Å². The fourth-order valence-electron chi connectivity index (χ4n) is 6.01. The van der Waals surface area contributed by atoms with Gasteiger partial charge in [-0.1, -0.05) is 32.0 Å². The number of para-hydroxylation sites is 1. The minimum Gasteiger partial charge on any atom is -0.381 e. The van der Waals surface area contributed by atoms with E-state index in [4.69, 9.17) is 20.4 Å². The molecule has 38 heavy (non-hydrogen) atoms. The molecule has 9 heteroatoms. The highest BCUT2D eigenvalue weighted by Gasteiger charge is 2.45. The number of imidazole rings is 1. The number of aromatic nitrogens is 4. The van der Waals surface area contributed by atoms with Gasteiger partial charge in [-0.25, -0.2) is 15.0 Å². The fraction of sp³-hybridized carbons (Fsp3) is 0.379. The summed E-state index contributed by atoms with van der Waals surface area (Å²) in [5.74, 6) is 0.216. The molecule has 0 aliphatic carbocycles. The van der Waals surface area contributed by atoms with E-state index in [1.165, 1.54) is 5.56 Å². The number of nitrogens with two attached hydrogens (primary N) is 1. The van der Waals surface area contributed by atoms with Crippen LogP contribution in [-0.4, -0.2) is 50.6 Å². The van der Waals surface area contributed by atoms with Crippen molar-refractivity contribution in [3.63, 3.8) is 0 Å². The van der Waals surface area contributed by atoms with Crippen LogP contribution in [0.4, 0.5) is 11.5 Å². The van der Waals surface area contributed by atoms with Gasteiger partial charge in [-0.15, -0.1) is 0 Å².